The normalized spacial score (nSPS) is 13.2. The number of alkyl halides is 1. The molecule has 2 amide bonds. The van der Waals surface area contributed by atoms with Gasteiger partial charge in [-0.25, -0.2) is 4.79 Å². The van der Waals surface area contributed by atoms with Crippen LogP contribution < -0.4 is 10.6 Å². The zero-order valence-electron chi connectivity index (χ0n) is 17.2. The molecule has 0 aliphatic rings. The topological polar surface area (TPSA) is 67.4 Å². The Bertz CT molecular complexity index is 776. The highest BCUT2D eigenvalue weighted by Gasteiger charge is 2.26. The van der Waals surface area contributed by atoms with Crippen LogP contribution in [0, 0.1) is 0 Å². The van der Waals surface area contributed by atoms with Gasteiger partial charge in [0.15, 0.2) is 0 Å². The zero-order valence-corrected chi connectivity index (χ0v) is 18.7. The molecule has 2 aromatic rings. The van der Waals surface area contributed by atoms with E-state index in [4.69, 9.17) is 4.74 Å². The van der Waals surface area contributed by atoms with Gasteiger partial charge in [0.1, 0.15) is 11.6 Å². The largest absolute Gasteiger partial charge is 0.444 e. The predicted molar refractivity (Wildman–Crippen MR) is 119 cm³/mol. The van der Waals surface area contributed by atoms with Crippen LogP contribution in [0.5, 0.6) is 0 Å². The summed E-state index contributed by atoms with van der Waals surface area (Å²) in [6, 6.07) is 18.8. The van der Waals surface area contributed by atoms with Gasteiger partial charge < -0.3 is 15.4 Å². The minimum atomic E-state index is -0.732. The summed E-state index contributed by atoms with van der Waals surface area (Å²) in [4.78, 5) is 25.3. The highest BCUT2D eigenvalue weighted by molar-refractivity contribution is 9.09. The average molecular weight is 461 g/mol. The van der Waals surface area contributed by atoms with E-state index in [1.807, 2.05) is 60.7 Å². The Kier molecular flexibility index (Phi) is 8.70. The van der Waals surface area contributed by atoms with E-state index in [0.717, 1.165) is 11.1 Å². The van der Waals surface area contributed by atoms with Gasteiger partial charge in [0.25, 0.3) is 0 Å². The van der Waals surface area contributed by atoms with Crippen LogP contribution in [0.2, 0.25) is 0 Å². The first-order valence-electron chi connectivity index (χ1n) is 9.70. The van der Waals surface area contributed by atoms with Crippen molar-refractivity contribution >= 4 is 27.9 Å². The molecule has 156 valence electrons. The van der Waals surface area contributed by atoms with Crippen LogP contribution in [-0.4, -0.2) is 35.0 Å². The van der Waals surface area contributed by atoms with E-state index in [1.165, 1.54) is 0 Å². The molecule has 0 aromatic heterocycles. The molecule has 2 N–H and O–H groups in total. The molecule has 0 radical (unpaired) electrons. The summed E-state index contributed by atoms with van der Waals surface area (Å²) >= 11 is 3.48. The molecule has 0 spiro atoms. The zero-order chi connectivity index (χ0) is 21.3. The summed E-state index contributed by atoms with van der Waals surface area (Å²) in [5.74, 6) is -0.236. The molecule has 0 aliphatic heterocycles. The van der Waals surface area contributed by atoms with Crippen molar-refractivity contribution in [3.05, 3.63) is 71.8 Å². The molecule has 0 unspecified atom stereocenters. The molecule has 2 aromatic carbocycles. The molecule has 5 nitrogen and oxygen atoms in total. The SMILES string of the molecule is CC(C)(C)OC(=O)N[C@@H](Cc1ccccc1)C(=O)N[C@H](CBr)Cc1ccccc1. The van der Waals surface area contributed by atoms with E-state index in [1.54, 1.807) is 20.8 Å². The highest BCUT2D eigenvalue weighted by atomic mass is 79.9. The van der Waals surface area contributed by atoms with Gasteiger partial charge in [-0.1, -0.05) is 76.6 Å². The molecule has 6 heteroatoms. The Balaban J connectivity index is 2.08. The summed E-state index contributed by atoms with van der Waals surface area (Å²) in [6.07, 6.45) is 0.473. The minimum absolute atomic E-state index is 0.0939. The molecular weight excluding hydrogens is 432 g/mol. The Labute approximate surface area is 181 Å². The molecule has 0 saturated heterocycles. The van der Waals surface area contributed by atoms with Crippen molar-refractivity contribution in [1.29, 1.82) is 0 Å². The van der Waals surface area contributed by atoms with Gasteiger partial charge in [0.2, 0.25) is 5.91 Å². The number of hydrogen-bond acceptors (Lipinski definition) is 3. The van der Waals surface area contributed by atoms with Gasteiger partial charge in [-0.3, -0.25) is 4.79 Å². The molecule has 29 heavy (non-hydrogen) atoms. The molecule has 0 saturated carbocycles. The van der Waals surface area contributed by atoms with Crippen LogP contribution in [0.15, 0.2) is 60.7 Å². The van der Waals surface area contributed by atoms with Crippen molar-refractivity contribution in [2.75, 3.05) is 5.33 Å². The number of alkyl carbamates (subject to hydrolysis) is 1. The minimum Gasteiger partial charge on any atom is -0.444 e. The molecule has 0 heterocycles. The van der Waals surface area contributed by atoms with Crippen LogP contribution >= 0.6 is 15.9 Å². The molecule has 2 rings (SSSR count). The lowest BCUT2D eigenvalue weighted by atomic mass is 10.0. The Morgan fingerprint density at radius 3 is 1.90 bits per heavy atom. The third-order valence-corrected chi connectivity index (χ3v) is 4.93. The maximum Gasteiger partial charge on any atom is 0.408 e. The monoisotopic (exact) mass is 460 g/mol. The highest BCUT2D eigenvalue weighted by Crippen LogP contribution is 2.10. The van der Waals surface area contributed by atoms with Crippen LogP contribution in [0.25, 0.3) is 0 Å². The van der Waals surface area contributed by atoms with Crippen LogP contribution in [0.4, 0.5) is 4.79 Å². The summed E-state index contributed by atoms with van der Waals surface area (Å²) in [7, 11) is 0. The van der Waals surface area contributed by atoms with Crippen LogP contribution in [0.3, 0.4) is 0 Å². The van der Waals surface area contributed by atoms with Gasteiger partial charge >= 0.3 is 6.09 Å². The van der Waals surface area contributed by atoms with E-state index >= 15 is 0 Å². The second-order valence-electron chi connectivity index (χ2n) is 7.94. The van der Waals surface area contributed by atoms with E-state index in [-0.39, 0.29) is 11.9 Å². The average Bonchev–Trinajstić information content (AvgIpc) is 2.67. The lowest BCUT2D eigenvalue weighted by Gasteiger charge is -2.25. The van der Waals surface area contributed by atoms with Gasteiger partial charge in [0, 0.05) is 17.8 Å². The number of hydrogen-bond donors (Lipinski definition) is 2. The Morgan fingerprint density at radius 2 is 1.41 bits per heavy atom. The van der Waals surface area contributed by atoms with Crippen LogP contribution in [-0.2, 0) is 22.4 Å². The summed E-state index contributed by atoms with van der Waals surface area (Å²) in [5.41, 5.74) is 1.46. The number of ether oxygens (including phenoxy) is 1. The predicted octanol–water partition coefficient (Wildman–Crippen LogP) is 4.24. The maximum atomic E-state index is 13.0. The van der Waals surface area contributed by atoms with Crippen molar-refractivity contribution in [2.24, 2.45) is 0 Å². The van der Waals surface area contributed by atoms with E-state index in [9.17, 15) is 9.59 Å². The van der Waals surface area contributed by atoms with E-state index < -0.39 is 17.7 Å². The van der Waals surface area contributed by atoms with E-state index in [2.05, 4.69) is 26.6 Å². The standard InChI is InChI=1S/C23H29BrN2O3/c1-23(2,3)29-22(28)26-20(15-18-12-8-5-9-13-18)21(27)25-19(16-24)14-17-10-6-4-7-11-17/h4-13,19-20H,14-16H2,1-3H3,(H,25,27)(H,26,28)/t19-,20-/m0/s1. The van der Waals surface area contributed by atoms with E-state index in [0.29, 0.717) is 18.2 Å². The van der Waals surface area contributed by atoms with Crippen molar-refractivity contribution in [2.45, 2.75) is 51.3 Å². The number of carbonyl (C=O) groups excluding carboxylic acids is 2. The lowest BCUT2D eigenvalue weighted by molar-refractivity contribution is -0.123. The first-order chi connectivity index (χ1) is 13.8. The van der Waals surface area contributed by atoms with Crippen molar-refractivity contribution in [3.8, 4) is 0 Å². The first kappa shape index (κ1) is 22.9. The number of amides is 2. The smallest absolute Gasteiger partial charge is 0.408 e. The third-order valence-electron chi connectivity index (χ3n) is 4.15. The molecule has 2 atom stereocenters. The lowest BCUT2D eigenvalue weighted by Crippen LogP contribution is -2.52. The maximum absolute atomic E-state index is 13.0. The summed E-state index contributed by atoms with van der Waals surface area (Å²) in [5, 5.41) is 6.38. The number of rotatable bonds is 8. The Hall–Kier alpha value is -2.34. The molecule has 0 fully saturated rings. The fraction of sp³-hybridized carbons (Fsp3) is 0.391. The number of benzene rings is 2. The van der Waals surface area contributed by atoms with Crippen molar-refractivity contribution < 1.29 is 14.3 Å². The second kappa shape index (κ2) is 11.0. The van der Waals surface area contributed by atoms with Crippen LogP contribution in [0.1, 0.15) is 31.9 Å². The summed E-state index contributed by atoms with van der Waals surface area (Å²) < 4.78 is 5.34. The fourth-order valence-electron chi connectivity index (χ4n) is 2.85. The third kappa shape index (κ3) is 8.69. The second-order valence-corrected chi connectivity index (χ2v) is 8.59. The van der Waals surface area contributed by atoms with Gasteiger partial charge in [-0.15, -0.1) is 0 Å². The number of carbonyl (C=O) groups is 2. The fourth-order valence-corrected chi connectivity index (χ4v) is 3.24. The quantitative estimate of drug-likeness (QED) is 0.578. The molecule has 0 bridgehead atoms. The van der Waals surface area contributed by atoms with Crippen molar-refractivity contribution in [1.82, 2.24) is 10.6 Å². The van der Waals surface area contributed by atoms with Gasteiger partial charge in [0.05, 0.1) is 0 Å². The molecular formula is C23H29BrN2O3. The Morgan fingerprint density at radius 1 is 0.897 bits per heavy atom. The number of nitrogens with one attached hydrogen (secondary N) is 2. The number of halogens is 1. The van der Waals surface area contributed by atoms with Gasteiger partial charge in [-0.05, 0) is 38.3 Å². The first-order valence-corrected chi connectivity index (χ1v) is 10.8. The van der Waals surface area contributed by atoms with Gasteiger partial charge in [-0.2, -0.15) is 0 Å². The molecule has 0 aliphatic carbocycles. The van der Waals surface area contributed by atoms with Crippen molar-refractivity contribution in [3.63, 3.8) is 0 Å². The summed E-state index contributed by atoms with van der Waals surface area (Å²) in [6.45, 7) is 5.37.